The van der Waals surface area contributed by atoms with E-state index in [9.17, 15) is 0 Å². The molecule has 0 aliphatic carbocycles. The molecule has 0 aromatic heterocycles. The molecular weight excluding hydrogens is 674 g/mol. The number of fused-ring (bicyclic) bond motifs is 2. The minimum absolute atomic E-state index is 0.942. The van der Waals surface area contributed by atoms with E-state index in [1.54, 1.807) is 0 Å². The van der Waals surface area contributed by atoms with E-state index < -0.39 is 17.7 Å². The van der Waals surface area contributed by atoms with Crippen molar-refractivity contribution in [2.45, 2.75) is 99.5 Å². The molecule has 0 unspecified atom stereocenters. The van der Waals surface area contributed by atoms with Gasteiger partial charge in [-0.2, -0.15) is 12.1 Å². The molecule has 0 N–H and O–H groups in total. The van der Waals surface area contributed by atoms with Gasteiger partial charge in [0.15, 0.2) is 0 Å². The van der Waals surface area contributed by atoms with Gasteiger partial charge in [0.25, 0.3) is 0 Å². The Bertz CT molecular complexity index is 1100. The minimum atomic E-state index is -1.84. The van der Waals surface area contributed by atoms with Crippen LogP contribution in [0, 0.1) is 13.8 Å². The number of unbranched alkanes of at least 4 members (excludes halogenated alkanes) is 2. The summed E-state index contributed by atoms with van der Waals surface area (Å²) in [4.78, 5) is 0. The van der Waals surface area contributed by atoms with Gasteiger partial charge in [-0.05, 0) is 12.8 Å². The van der Waals surface area contributed by atoms with E-state index in [2.05, 4.69) is 97.0 Å². The molecule has 4 aromatic rings. The van der Waals surface area contributed by atoms with Gasteiger partial charge in [0, 0.05) is 0 Å². The zero-order chi connectivity index (χ0) is 27.4. The summed E-state index contributed by atoms with van der Waals surface area (Å²) in [5.41, 5.74) is 8.68. The molecule has 0 aliphatic heterocycles. The third kappa shape index (κ3) is 9.78. The van der Waals surface area contributed by atoms with Crippen LogP contribution >= 0.6 is 17.2 Å². The number of hydrogen-bond donors (Lipinski definition) is 0. The van der Waals surface area contributed by atoms with Crippen LogP contribution in [-0.4, -0.2) is 6.22 Å². The first kappa shape index (κ1) is 32.5. The second-order valence-electron chi connectivity index (χ2n) is 9.80. The largest absolute Gasteiger partial charge is 0.165 e. The molecule has 0 fully saturated rings. The first-order valence-corrected chi connectivity index (χ1v) is 29.6. The number of aryl methyl sites for hydroxylation is 6. The van der Waals surface area contributed by atoms with Crippen molar-refractivity contribution in [2.75, 3.05) is 0 Å². The smallest absolute Gasteiger partial charge is 0.0397 e. The summed E-state index contributed by atoms with van der Waals surface area (Å²) in [5.74, 6) is 0. The molecule has 0 nitrogen and oxygen atoms in total. The Morgan fingerprint density at radius 2 is 1.05 bits per heavy atom. The van der Waals surface area contributed by atoms with Crippen LogP contribution in [0.1, 0.15) is 87.3 Å². The second-order valence-corrected chi connectivity index (χ2v) is 33.4. The van der Waals surface area contributed by atoms with Crippen molar-refractivity contribution < 1.29 is 17.7 Å². The summed E-state index contributed by atoms with van der Waals surface area (Å²) in [6, 6.07) is 19.7. The van der Waals surface area contributed by atoms with Crippen molar-refractivity contribution in [3.05, 3.63) is 81.9 Å². The maximum absolute atomic E-state index is 5.75. The van der Waals surface area contributed by atoms with Gasteiger partial charge in [0.05, 0.1) is 0 Å². The van der Waals surface area contributed by atoms with E-state index in [0.29, 0.717) is 0 Å². The molecule has 0 bridgehead atoms. The van der Waals surface area contributed by atoms with Crippen LogP contribution < -0.4 is 0 Å². The van der Waals surface area contributed by atoms with E-state index in [1.807, 2.05) is 0 Å². The monoisotopic (exact) mass is 719 g/mol. The summed E-state index contributed by atoms with van der Waals surface area (Å²) in [7, 11) is 11.5. The quantitative estimate of drug-likeness (QED) is 0.0967. The molecule has 0 aliphatic rings. The van der Waals surface area contributed by atoms with Crippen molar-refractivity contribution in [1.82, 2.24) is 0 Å². The van der Waals surface area contributed by atoms with Gasteiger partial charge in [-0.3, -0.25) is 0 Å². The van der Waals surface area contributed by atoms with Gasteiger partial charge in [0.1, 0.15) is 0 Å². The third-order valence-corrected chi connectivity index (χ3v) is 20.0. The molecule has 0 amide bonds. The van der Waals surface area contributed by atoms with Crippen LogP contribution in [0.5, 0.6) is 0 Å². The molecule has 1 radical (unpaired) electrons. The molecule has 0 spiro atoms. The Hall–Kier alpha value is -0.673. The zero-order valence-corrected chi connectivity index (χ0v) is 30.1. The van der Waals surface area contributed by atoms with Crippen molar-refractivity contribution in [3.63, 3.8) is 0 Å². The van der Waals surface area contributed by atoms with E-state index in [4.69, 9.17) is 17.2 Å². The fraction of sp³-hybridized carbons (Fsp3) is 0.455. The van der Waals surface area contributed by atoms with Crippen LogP contribution in [0.3, 0.4) is 0 Å². The first-order chi connectivity index (χ1) is 17.8. The van der Waals surface area contributed by atoms with Gasteiger partial charge >= 0.3 is 73.3 Å². The predicted molar refractivity (Wildman–Crippen MR) is 168 cm³/mol. The standard InChI is InChI=1S/2C14H17.C5H11Si.2ClH.Hf/c2*1-4-11-6-7-12(5-2)14-9-10(3)8-13(11)14;1-2-3-4-5-6;;;/h2*6-9H,4-5H2,1-3H3;2-5H2,1H3;2*1H;/q2*-1;;;;+2/p-2. The third-order valence-electron chi connectivity index (χ3n) is 6.99. The maximum atomic E-state index is 5.75. The van der Waals surface area contributed by atoms with Crippen LogP contribution in [0.2, 0.25) is 6.04 Å². The number of hydrogen-bond acceptors (Lipinski definition) is 0. The van der Waals surface area contributed by atoms with Crippen molar-refractivity contribution in [3.8, 4) is 0 Å². The number of halogens is 2. The maximum Gasteiger partial charge on any atom is -0.0397 e. The Morgan fingerprint density at radius 1 is 0.649 bits per heavy atom. The normalized spacial score (nSPS) is 10.6. The average Bonchev–Trinajstić information content (AvgIpc) is 3.48. The zero-order valence-electron chi connectivity index (χ0n) is 24.0. The van der Waals surface area contributed by atoms with Crippen molar-refractivity contribution in [1.29, 1.82) is 0 Å². The van der Waals surface area contributed by atoms with Crippen molar-refractivity contribution >= 4 is 44.9 Å². The second kappa shape index (κ2) is 17.1. The fourth-order valence-electron chi connectivity index (χ4n) is 4.92. The number of rotatable bonds is 8. The van der Waals surface area contributed by atoms with Crippen LogP contribution in [0.25, 0.3) is 21.5 Å². The minimum Gasteiger partial charge on any atom is -0.165 e. The molecule has 4 heteroatoms. The molecule has 0 atom stereocenters. The molecule has 0 saturated carbocycles. The summed E-state index contributed by atoms with van der Waals surface area (Å²) < 4.78 is 0. The molecule has 37 heavy (non-hydrogen) atoms. The Balaban J connectivity index is 0.000000201. The predicted octanol–water partition coefficient (Wildman–Crippen LogP) is 11.1. The van der Waals surface area contributed by atoms with Gasteiger partial charge in [0.2, 0.25) is 0 Å². The Morgan fingerprint density at radius 3 is 1.41 bits per heavy atom. The summed E-state index contributed by atoms with van der Waals surface area (Å²) in [6.07, 6.45) is 9.44. The van der Waals surface area contributed by atoms with Gasteiger partial charge in [-0.15, -0.1) is 68.1 Å². The SMILES string of the molecule is CCCCC[Si]=[Hf]([Cl])[Cl].CCc1ccc(CC)c2[cH-]c(C)cc12.CCc1ccc(CC)c2[cH-]c(C)cc12. The van der Waals surface area contributed by atoms with Crippen LogP contribution in [0.4, 0.5) is 0 Å². The van der Waals surface area contributed by atoms with Crippen LogP contribution in [-0.2, 0) is 43.4 Å². The van der Waals surface area contributed by atoms with E-state index >= 15 is 0 Å². The molecule has 201 valence electrons. The van der Waals surface area contributed by atoms with Gasteiger partial charge in [-0.1, -0.05) is 77.6 Å². The topological polar surface area (TPSA) is 0 Å². The van der Waals surface area contributed by atoms with E-state index in [-0.39, 0.29) is 0 Å². The fourth-order valence-corrected chi connectivity index (χ4v) is 14.1. The van der Waals surface area contributed by atoms with Crippen LogP contribution in [0.15, 0.2) is 48.5 Å². The summed E-state index contributed by atoms with van der Waals surface area (Å²) in [5, 5.41) is 5.85. The van der Waals surface area contributed by atoms with E-state index in [0.717, 1.165) is 31.9 Å². The molecule has 4 aromatic carbocycles. The van der Waals surface area contributed by atoms with Gasteiger partial charge in [-0.25, -0.2) is 0 Å². The van der Waals surface area contributed by atoms with Crippen molar-refractivity contribution in [2.24, 2.45) is 0 Å². The molecule has 4 rings (SSSR count). The first-order valence-electron chi connectivity index (χ1n) is 14.1. The molecule has 0 saturated heterocycles. The average molecular weight is 719 g/mol. The summed E-state index contributed by atoms with van der Waals surface area (Å²) >= 11 is -1.84. The Labute approximate surface area is 242 Å². The molecular formula is C33H45Cl2HfSi-2. The van der Waals surface area contributed by atoms with E-state index in [1.165, 1.54) is 80.2 Å². The Kier molecular flexibility index (Phi) is 15.0. The summed E-state index contributed by atoms with van der Waals surface area (Å²) in [6.45, 7) is 15.5. The molecule has 0 heterocycles. The number of benzene rings is 2. The van der Waals surface area contributed by atoms with Gasteiger partial charge < -0.3 is 0 Å².